The lowest BCUT2D eigenvalue weighted by Crippen LogP contribution is -2.14. The number of allylic oxidation sites excluding steroid dienone is 4. The highest BCUT2D eigenvalue weighted by Gasteiger charge is 2.13. The van der Waals surface area contributed by atoms with E-state index in [0.717, 1.165) is 17.7 Å². The van der Waals surface area contributed by atoms with Gasteiger partial charge in [0.2, 0.25) is 0 Å². The van der Waals surface area contributed by atoms with Crippen LogP contribution in [0.15, 0.2) is 34.4 Å². The summed E-state index contributed by atoms with van der Waals surface area (Å²) in [6.45, 7) is 12.9. The molecule has 1 unspecified atom stereocenters. The van der Waals surface area contributed by atoms with Crippen LogP contribution in [0.3, 0.4) is 0 Å². The average molecular weight is 282 g/mol. The van der Waals surface area contributed by atoms with Crippen molar-refractivity contribution in [2.75, 3.05) is 12.0 Å². The fourth-order valence-corrected chi connectivity index (χ4v) is 2.78. The van der Waals surface area contributed by atoms with E-state index in [0.29, 0.717) is 5.92 Å². The van der Waals surface area contributed by atoms with Gasteiger partial charge in [-0.1, -0.05) is 38.5 Å². The minimum absolute atomic E-state index is 0.366. The van der Waals surface area contributed by atoms with Crippen LogP contribution in [0.4, 0.5) is 0 Å². The summed E-state index contributed by atoms with van der Waals surface area (Å²) in [5.41, 5.74) is 4.99. The number of hydrogen-bond acceptors (Lipinski definition) is 2. The normalized spacial score (nSPS) is 16.7. The molecule has 0 aromatic carbocycles. The van der Waals surface area contributed by atoms with Gasteiger partial charge in [-0.25, -0.2) is 0 Å². The summed E-state index contributed by atoms with van der Waals surface area (Å²) in [6, 6.07) is 0. The Morgan fingerprint density at radius 3 is 2.21 bits per heavy atom. The van der Waals surface area contributed by atoms with Gasteiger partial charge in [-0.15, -0.1) is 0 Å². The molecule has 0 radical (unpaired) electrons. The topological polar surface area (TPSA) is 20.2 Å². The first-order chi connectivity index (χ1) is 8.88. The number of rotatable bonds is 7. The second-order valence-corrected chi connectivity index (χ2v) is 6.20. The summed E-state index contributed by atoms with van der Waals surface area (Å²) in [5, 5.41) is 10.3. The molecule has 2 heteroatoms. The van der Waals surface area contributed by atoms with Gasteiger partial charge < -0.3 is 5.11 Å². The highest BCUT2D eigenvalue weighted by molar-refractivity contribution is 7.98. The highest BCUT2D eigenvalue weighted by Crippen LogP contribution is 2.24. The Hall–Kier alpha value is -0.470. The van der Waals surface area contributed by atoms with Crippen molar-refractivity contribution in [3.8, 4) is 0 Å². The Labute approximate surface area is 123 Å². The lowest BCUT2D eigenvalue weighted by Gasteiger charge is -2.18. The van der Waals surface area contributed by atoms with Gasteiger partial charge in [0.15, 0.2) is 0 Å². The summed E-state index contributed by atoms with van der Waals surface area (Å²) in [5.74, 6) is 1.27. The van der Waals surface area contributed by atoms with Crippen molar-refractivity contribution in [2.24, 2.45) is 5.92 Å². The van der Waals surface area contributed by atoms with E-state index >= 15 is 0 Å². The second-order valence-electron chi connectivity index (χ2n) is 5.29. The van der Waals surface area contributed by atoms with Gasteiger partial charge in [-0.2, -0.15) is 11.8 Å². The third kappa shape index (κ3) is 6.01. The van der Waals surface area contributed by atoms with Crippen LogP contribution in [0, 0.1) is 5.92 Å². The van der Waals surface area contributed by atoms with Gasteiger partial charge in [0, 0.05) is 5.75 Å². The van der Waals surface area contributed by atoms with Gasteiger partial charge in [-0.3, -0.25) is 0 Å². The second kappa shape index (κ2) is 9.44. The maximum absolute atomic E-state index is 10.3. The summed E-state index contributed by atoms with van der Waals surface area (Å²) in [7, 11) is 0. The average Bonchev–Trinajstić information content (AvgIpc) is 2.35. The molecule has 1 nitrogen and oxygen atoms in total. The quantitative estimate of drug-likeness (QED) is 0.664. The van der Waals surface area contributed by atoms with Crippen molar-refractivity contribution in [1.82, 2.24) is 0 Å². The predicted octanol–water partition coefficient (Wildman–Crippen LogP) is 4.99. The molecule has 0 spiro atoms. The van der Waals surface area contributed by atoms with Crippen LogP contribution in [0.1, 0.15) is 48.0 Å². The SMILES string of the molecule is C\C=C(/C(C)=C\C(=C(/C)CC)C(O)CSC)C(C)C. The Kier molecular flexibility index (Phi) is 9.20. The maximum Gasteiger partial charge on any atom is 0.0879 e. The molecule has 0 aromatic rings. The monoisotopic (exact) mass is 282 g/mol. The van der Waals surface area contributed by atoms with Crippen molar-refractivity contribution in [1.29, 1.82) is 0 Å². The van der Waals surface area contributed by atoms with Crippen molar-refractivity contribution < 1.29 is 5.11 Å². The van der Waals surface area contributed by atoms with Crippen LogP contribution in [-0.2, 0) is 0 Å². The molecule has 1 atom stereocenters. The van der Waals surface area contributed by atoms with E-state index in [1.807, 2.05) is 6.26 Å². The smallest absolute Gasteiger partial charge is 0.0879 e. The van der Waals surface area contributed by atoms with E-state index in [9.17, 15) is 5.11 Å². The van der Waals surface area contributed by atoms with E-state index in [1.165, 1.54) is 16.7 Å². The first-order valence-electron chi connectivity index (χ1n) is 7.10. The third-order valence-corrected chi connectivity index (χ3v) is 4.12. The molecule has 0 saturated heterocycles. The molecule has 19 heavy (non-hydrogen) atoms. The van der Waals surface area contributed by atoms with Crippen molar-refractivity contribution in [3.05, 3.63) is 34.4 Å². The lowest BCUT2D eigenvalue weighted by atomic mass is 9.92. The Bertz CT molecular complexity index is 361. The molecule has 0 aliphatic carbocycles. The molecule has 0 aliphatic heterocycles. The standard InChI is InChI=1S/C17H30OS/c1-8-13(5)16(17(18)11-19-7)10-14(6)15(9-2)12(3)4/h9-10,12,17-18H,8,11H2,1-7H3/b14-10-,15-9-,16-13-. The fourth-order valence-electron chi connectivity index (χ4n) is 2.29. The summed E-state index contributed by atoms with van der Waals surface area (Å²) in [6.07, 6.45) is 7.00. The molecule has 0 rings (SSSR count). The van der Waals surface area contributed by atoms with Crippen LogP contribution in [0.2, 0.25) is 0 Å². The van der Waals surface area contributed by atoms with Gasteiger partial charge in [0.25, 0.3) is 0 Å². The number of aliphatic hydroxyl groups is 1. The van der Waals surface area contributed by atoms with Gasteiger partial charge >= 0.3 is 0 Å². The molecule has 0 saturated carbocycles. The van der Waals surface area contributed by atoms with E-state index in [-0.39, 0.29) is 6.10 Å². The molecule has 0 fully saturated rings. The van der Waals surface area contributed by atoms with Crippen molar-refractivity contribution in [3.63, 3.8) is 0 Å². The van der Waals surface area contributed by atoms with E-state index in [4.69, 9.17) is 0 Å². The maximum atomic E-state index is 10.3. The molecule has 0 heterocycles. The first-order valence-corrected chi connectivity index (χ1v) is 8.49. The fraction of sp³-hybridized carbons (Fsp3) is 0.647. The molecule has 1 N–H and O–H groups in total. The van der Waals surface area contributed by atoms with E-state index in [1.54, 1.807) is 11.8 Å². The predicted molar refractivity (Wildman–Crippen MR) is 89.7 cm³/mol. The third-order valence-electron chi connectivity index (χ3n) is 3.47. The number of thioether (sulfide) groups is 1. The molecule has 0 bridgehead atoms. The number of aliphatic hydroxyl groups excluding tert-OH is 1. The van der Waals surface area contributed by atoms with Crippen LogP contribution in [-0.4, -0.2) is 23.2 Å². The highest BCUT2D eigenvalue weighted by atomic mass is 32.2. The van der Waals surface area contributed by atoms with Crippen molar-refractivity contribution >= 4 is 11.8 Å². The number of hydrogen-bond donors (Lipinski definition) is 1. The Morgan fingerprint density at radius 1 is 1.26 bits per heavy atom. The minimum Gasteiger partial charge on any atom is -0.388 e. The molecule has 110 valence electrons. The Morgan fingerprint density at radius 2 is 1.84 bits per heavy atom. The zero-order chi connectivity index (χ0) is 15.0. The Balaban J connectivity index is 5.44. The van der Waals surface area contributed by atoms with Crippen LogP contribution in [0.25, 0.3) is 0 Å². The molecule has 0 aliphatic rings. The molecule has 0 amide bonds. The first kappa shape index (κ1) is 18.5. The largest absolute Gasteiger partial charge is 0.388 e. The van der Waals surface area contributed by atoms with Gasteiger partial charge in [0.1, 0.15) is 0 Å². The molecule has 0 aromatic heterocycles. The zero-order valence-corrected chi connectivity index (χ0v) is 14.4. The van der Waals surface area contributed by atoms with Crippen LogP contribution < -0.4 is 0 Å². The molecular weight excluding hydrogens is 252 g/mol. The zero-order valence-electron chi connectivity index (χ0n) is 13.6. The van der Waals surface area contributed by atoms with E-state index < -0.39 is 0 Å². The van der Waals surface area contributed by atoms with Crippen LogP contribution in [0.5, 0.6) is 0 Å². The van der Waals surface area contributed by atoms with Gasteiger partial charge in [0.05, 0.1) is 6.10 Å². The summed E-state index contributed by atoms with van der Waals surface area (Å²) in [4.78, 5) is 0. The van der Waals surface area contributed by atoms with Crippen LogP contribution >= 0.6 is 11.8 Å². The minimum atomic E-state index is -0.366. The van der Waals surface area contributed by atoms with Gasteiger partial charge in [-0.05, 0) is 56.1 Å². The molecular formula is C17H30OS. The lowest BCUT2D eigenvalue weighted by molar-refractivity contribution is 0.238. The van der Waals surface area contributed by atoms with Crippen molar-refractivity contribution in [2.45, 2.75) is 54.1 Å². The van der Waals surface area contributed by atoms with E-state index in [2.05, 4.69) is 53.7 Å². The summed E-state index contributed by atoms with van der Waals surface area (Å²) < 4.78 is 0. The summed E-state index contributed by atoms with van der Waals surface area (Å²) >= 11 is 1.69.